The van der Waals surface area contributed by atoms with Crippen LogP contribution in [-0.4, -0.2) is 10.2 Å². The maximum absolute atomic E-state index is 11.5. The second-order valence-corrected chi connectivity index (χ2v) is 3.69. The summed E-state index contributed by atoms with van der Waals surface area (Å²) in [5.74, 6) is 0.381. The Balaban J connectivity index is 2.69. The number of hydrogen-bond donors (Lipinski definition) is 3. The molecule has 15 heavy (non-hydrogen) atoms. The van der Waals surface area contributed by atoms with Gasteiger partial charge in [0.15, 0.2) is 0 Å². The molecule has 0 unspecified atom stereocenters. The van der Waals surface area contributed by atoms with Crippen molar-refractivity contribution < 1.29 is 0 Å². The number of anilines is 1. The van der Waals surface area contributed by atoms with Crippen molar-refractivity contribution in [2.45, 2.75) is 13.8 Å². The number of H-pyrrole nitrogens is 2. The molecule has 2 rings (SSSR count). The molecule has 4 N–H and O–H groups in total. The highest BCUT2D eigenvalue weighted by atomic mass is 16.1. The first-order chi connectivity index (χ1) is 7.09. The van der Waals surface area contributed by atoms with Gasteiger partial charge >= 0.3 is 0 Å². The molecule has 0 atom stereocenters. The third kappa shape index (κ3) is 1.54. The fourth-order valence-corrected chi connectivity index (χ4v) is 1.73. The molecule has 0 spiro atoms. The number of aryl methyl sites for hydroxylation is 2. The first kappa shape index (κ1) is 9.58. The highest BCUT2D eigenvalue weighted by molar-refractivity contribution is 5.75. The van der Waals surface area contributed by atoms with Crippen molar-refractivity contribution in [1.29, 1.82) is 0 Å². The summed E-state index contributed by atoms with van der Waals surface area (Å²) < 4.78 is 0. The van der Waals surface area contributed by atoms with Gasteiger partial charge in [-0.3, -0.25) is 15.0 Å². The third-order valence-electron chi connectivity index (χ3n) is 2.46. The lowest BCUT2D eigenvalue weighted by molar-refractivity contribution is 1.06. The molecular formula is C11H13N3O. The van der Waals surface area contributed by atoms with E-state index in [4.69, 9.17) is 5.73 Å². The number of nitrogen functional groups attached to an aromatic ring is 1. The molecule has 0 aliphatic rings. The summed E-state index contributed by atoms with van der Waals surface area (Å²) >= 11 is 0. The summed E-state index contributed by atoms with van der Waals surface area (Å²) in [6.45, 7) is 3.98. The number of benzene rings is 1. The van der Waals surface area contributed by atoms with Crippen LogP contribution in [0.5, 0.6) is 0 Å². The number of nitrogens with one attached hydrogen (secondary N) is 2. The van der Waals surface area contributed by atoms with Gasteiger partial charge in [-0.15, -0.1) is 0 Å². The highest BCUT2D eigenvalue weighted by Gasteiger charge is 2.11. The van der Waals surface area contributed by atoms with E-state index in [1.54, 1.807) is 0 Å². The predicted octanol–water partition coefficient (Wildman–Crippen LogP) is 1.57. The van der Waals surface area contributed by atoms with Crippen LogP contribution in [0.15, 0.2) is 23.0 Å². The fourth-order valence-electron chi connectivity index (χ4n) is 1.73. The van der Waals surface area contributed by atoms with Crippen LogP contribution < -0.4 is 11.3 Å². The zero-order chi connectivity index (χ0) is 11.0. The first-order valence-electron chi connectivity index (χ1n) is 4.73. The lowest BCUT2D eigenvalue weighted by Crippen LogP contribution is -2.03. The predicted molar refractivity (Wildman–Crippen MR) is 60.7 cm³/mol. The Hall–Kier alpha value is -1.97. The minimum Gasteiger partial charge on any atom is -0.383 e. The van der Waals surface area contributed by atoms with E-state index in [9.17, 15) is 4.79 Å². The lowest BCUT2D eigenvalue weighted by Gasteiger charge is -2.04. The molecule has 0 aliphatic heterocycles. The Kier molecular flexibility index (Phi) is 2.11. The lowest BCUT2D eigenvalue weighted by atomic mass is 10.0. The second kappa shape index (κ2) is 3.31. The van der Waals surface area contributed by atoms with Crippen LogP contribution in [-0.2, 0) is 0 Å². The number of nitrogens with two attached hydrogens (primary N) is 1. The van der Waals surface area contributed by atoms with Crippen molar-refractivity contribution in [2.24, 2.45) is 0 Å². The maximum atomic E-state index is 11.5. The van der Waals surface area contributed by atoms with Crippen molar-refractivity contribution in [1.82, 2.24) is 10.2 Å². The van der Waals surface area contributed by atoms with Gasteiger partial charge in [-0.2, -0.15) is 0 Å². The van der Waals surface area contributed by atoms with Gasteiger partial charge in [-0.05, 0) is 25.0 Å². The minimum absolute atomic E-state index is 0.181. The first-order valence-corrected chi connectivity index (χ1v) is 4.73. The molecule has 0 fully saturated rings. The van der Waals surface area contributed by atoms with Gasteiger partial charge in [0, 0.05) is 0 Å². The molecule has 2 aromatic rings. The number of rotatable bonds is 1. The Labute approximate surface area is 87.1 Å². The Morgan fingerprint density at radius 2 is 1.93 bits per heavy atom. The van der Waals surface area contributed by atoms with Crippen molar-refractivity contribution in [3.05, 3.63) is 39.7 Å². The van der Waals surface area contributed by atoms with E-state index in [1.165, 1.54) is 5.56 Å². The van der Waals surface area contributed by atoms with Gasteiger partial charge in [-0.1, -0.05) is 23.8 Å². The minimum atomic E-state index is -0.181. The van der Waals surface area contributed by atoms with Crippen LogP contribution in [0.2, 0.25) is 0 Å². The Morgan fingerprint density at radius 3 is 2.47 bits per heavy atom. The summed E-state index contributed by atoms with van der Waals surface area (Å²) in [6.07, 6.45) is 0. The largest absolute Gasteiger partial charge is 0.383 e. The van der Waals surface area contributed by atoms with Crippen molar-refractivity contribution >= 4 is 5.82 Å². The van der Waals surface area contributed by atoms with Crippen molar-refractivity contribution in [3.8, 4) is 11.1 Å². The number of aromatic amines is 2. The zero-order valence-electron chi connectivity index (χ0n) is 8.72. The van der Waals surface area contributed by atoms with Gasteiger partial charge in [-0.25, -0.2) is 0 Å². The molecule has 78 valence electrons. The standard InChI is InChI=1S/C11H13N3O/c1-6-3-4-8(7(2)5-6)9-10(12)13-14-11(9)15/h3-5H,1-2H3,(H4,12,13,14,15). The van der Waals surface area contributed by atoms with Gasteiger partial charge < -0.3 is 5.73 Å². The van der Waals surface area contributed by atoms with E-state index in [-0.39, 0.29) is 5.56 Å². The number of hydrogen-bond acceptors (Lipinski definition) is 2. The molecule has 0 saturated carbocycles. The average molecular weight is 203 g/mol. The normalized spacial score (nSPS) is 10.5. The van der Waals surface area contributed by atoms with Crippen molar-refractivity contribution in [3.63, 3.8) is 0 Å². The molecule has 4 heteroatoms. The summed E-state index contributed by atoms with van der Waals surface area (Å²) in [5.41, 5.74) is 9.13. The maximum Gasteiger partial charge on any atom is 0.273 e. The van der Waals surface area contributed by atoms with E-state index < -0.39 is 0 Å². The van der Waals surface area contributed by atoms with Gasteiger partial charge in [0.25, 0.3) is 5.56 Å². The van der Waals surface area contributed by atoms with Crippen molar-refractivity contribution in [2.75, 3.05) is 5.73 Å². The van der Waals surface area contributed by atoms with E-state index in [0.29, 0.717) is 11.4 Å². The number of aromatic nitrogens is 2. The Morgan fingerprint density at radius 1 is 1.20 bits per heavy atom. The fraction of sp³-hybridized carbons (Fsp3) is 0.182. The van der Waals surface area contributed by atoms with Crippen LogP contribution in [0.4, 0.5) is 5.82 Å². The summed E-state index contributed by atoms with van der Waals surface area (Å²) in [4.78, 5) is 11.5. The van der Waals surface area contributed by atoms with E-state index in [0.717, 1.165) is 11.1 Å². The second-order valence-electron chi connectivity index (χ2n) is 3.69. The monoisotopic (exact) mass is 203 g/mol. The molecule has 0 saturated heterocycles. The van der Waals surface area contributed by atoms with Crippen LogP contribution in [0, 0.1) is 13.8 Å². The zero-order valence-corrected chi connectivity index (χ0v) is 8.72. The summed E-state index contributed by atoms with van der Waals surface area (Å²) in [6, 6.07) is 5.91. The molecule has 1 aromatic heterocycles. The van der Waals surface area contributed by atoms with Gasteiger partial charge in [0.1, 0.15) is 5.82 Å². The van der Waals surface area contributed by atoms with E-state index >= 15 is 0 Å². The molecule has 4 nitrogen and oxygen atoms in total. The molecular weight excluding hydrogens is 190 g/mol. The highest BCUT2D eigenvalue weighted by Crippen LogP contribution is 2.24. The molecule has 1 aromatic carbocycles. The summed E-state index contributed by atoms with van der Waals surface area (Å²) in [5, 5.41) is 5.09. The molecule has 0 radical (unpaired) electrons. The molecule has 1 heterocycles. The molecule has 0 bridgehead atoms. The van der Waals surface area contributed by atoms with Crippen LogP contribution in [0.25, 0.3) is 11.1 Å². The SMILES string of the molecule is Cc1ccc(-c2c(N)[nH][nH]c2=O)c(C)c1. The van der Waals surface area contributed by atoms with E-state index in [2.05, 4.69) is 10.2 Å². The molecule has 0 amide bonds. The quantitative estimate of drug-likeness (QED) is 0.658. The van der Waals surface area contributed by atoms with E-state index in [1.807, 2.05) is 32.0 Å². The smallest absolute Gasteiger partial charge is 0.273 e. The third-order valence-corrected chi connectivity index (χ3v) is 2.46. The average Bonchev–Trinajstić information content (AvgIpc) is 2.48. The summed E-state index contributed by atoms with van der Waals surface area (Å²) in [7, 11) is 0. The molecule has 0 aliphatic carbocycles. The van der Waals surface area contributed by atoms with Gasteiger partial charge in [0.05, 0.1) is 5.56 Å². The van der Waals surface area contributed by atoms with Gasteiger partial charge in [0.2, 0.25) is 0 Å². The Bertz CT molecular complexity index is 551. The van der Waals surface area contributed by atoms with Crippen LogP contribution >= 0.6 is 0 Å². The van der Waals surface area contributed by atoms with Crippen LogP contribution in [0.1, 0.15) is 11.1 Å². The van der Waals surface area contributed by atoms with Crippen LogP contribution in [0.3, 0.4) is 0 Å². The topological polar surface area (TPSA) is 74.7 Å².